The molecule has 2 amide bonds. The fourth-order valence-electron chi connectivity index (χ4n) is 5.01. The second-order valence-corrected chi connectivity index (χ2v) is 13.9. The predicted octanol–water partition coefficient (Wildman–Crippen LogP) is 6.82. The predicted molar refractivity (Wildman–Crippen MR) is 190 cm³/mol. The third kappa shape index (κ3) is 9.53. The number of benzene rings is 4. The fraction of sp³-hybridized carbons (Fsp3) is 0.278. The molecule has 0 aromatic heterocycles. The van der Waals surface area contributed by atoms with E-state index in [1.165, 1.54) is 28.8 Å². The van der Waals surface area contributed by atoms with E-state index < -0.39 is 28.5 Å². The van der Waals surface area contributed by atoms with Gasteiger partial charge in [0.2, 0.25) is 11.8 Å². The van der Waals surface area contributed by atoms with Gasteiger partial charge in [0.25, 0.3) is 10.0 Å². The molecule has 0 unspecified atom stereocenters. The van der Waals surface area contributed by atoms with Gasteiger partial charge in [-0.2, -0.15) is 0 Å². The number of carbonyl (C=O) groups excluding carboxylic acids is 2. The number of rotatable bonds is 16. The Morgan fingerprint density at radius 1 is 0.894 bits per heavy atom. The molecule has 0 aliphatic carbocycles. The van der Waals surface area contributed by atoms with Gasteiger partial charge in [-0.15, -0.1) is 11.8 Å². The third-order valence-corrected chi connectivity index (χ3v) is 10.4. The summed E-state index contributed by atoms with van der Waals surface area (Å²) in [6.45, 7) is 4.12. The van der Waals surface area contributed by atoms with Crippen molar-refractivity contribution in [2.75, 3.05) is 30.3 Å². The summed E-state index contributed by atoms with van der Waals surface area (Å²) in [5, 5.41) is 3.38. The van der Waals surface area contributed by atoms with E-state index in [1.807, 2.05) is 56.5 Å². The van der Waals surface area contributed by atoms with Gasteiger partial charge in [0, 0.05) is 29.4 Å². The highest BCUT2D eigenvalue weighted by Crippen LogP contribution is 2.28. The number of thioether (sulfide) groups is 1. The number of halogens is 1. The Kier molecular flexibility index (Phi) is 13.2. The highest BCUT2D eigenvalue weighted by molar-refractivity contribution is 7.98. The average Bonchev–Trinajstić information content (AvgIpc) is 3.09. The lowest BCUT2D eigenvalue weighted by Gasteiger charge is -2.34. The van der Waals surface area contributed by atoms with E-state index in [0.717, 1.165) is 14.8 Å². The molecule has 0 spiro atoms. The van der Waals surface area contributed by atoms with Crippen LogP contribution in [0.4, 0.5) is 5.69 Å². The maximum atomic E-state index is 14.6. The number of amides is 2. The fourth-order valence-corrected chi connectivity index (χ4v) is 7.03. The van der Waals surface area contributed by atoms with Crippen molar-refractivity contribution in [3.05, 3.63) is 119 Å². The molecule has 1 N–H and O–H groups in total. The Balaban J connectivity index is 1.80. The van der Waals surface area contributed by atoms with Crippen molar-refractivity contribution in [2.45, 2.75) is 49.1 Å². The number of hydrogen-bond donors (Lipinski definition) is 1. The first kappa shape index (κ1) is 35.9. The van der Waals surface area contributed by atoms with Crippen molar-refractivity contribution in [3.63, 3.8) is 0 Å². The van der Waals surface area contributed by atoms with Crippen LogP contribution < -0.4 is 14.4 Å². The van der Waals surface area contributed by atoms with Crippen LogP contribution in [0.15, 0.2) is 113 Å². The Morgan fingerprint density at radius 3 is 2.17 bits per heavy atom. The molecule has 1 atom stereocenters. The summed E-state index contributed by atoms with van der Waals surface area (Å²) in [6.07, 6.45) is 2.84. The summed E-state index contributed by atoms with van der Waals surface area (Å²) >= 11 is 8.06. The van der Waals surface area contributed by atoms with Gasteiger partial charge in [-0.05, 0) is 85.3 Å². The van der Waals surface area contributed by atoms with Crippen molar-refractivity contribution in [1.29, 1.82) is 0 Å². The van der Waals surface area contributed by atoms with E-state index in [1.54, 1.807) is 54.6 Å². The lowest BCUT2D eigenvalue weighted by molar-refractivity contribution is -0.140. The second-order valence-electron chi connectivity index (χ2n) is 10.7. The van der Waals surface area contributed by atoms with Crippen LogP contribution in [-0.2, 0) is 32.6 Å². The quantitative estimate of drug-likeness (QED) is 0.129. The first-order chi connectivity index (χ1) is 22.7. The number of ether oxygens (including phenoxy) is 1. The number of anilines is 1. The number of hydrogen-bond acceptors (Lipinski definition) is 6. The van der Waals surface area contributed by atoms with Crippen LogP contribution >= 0.6 is 23.4 Å². The molecule has 0 saturated heterocycles. The van der Waals surface area contributed by atoms with Gasteiger partial charge in [-0.3, -0.25) is 13.9 Å². The van der Waals surface area contributed by atoms with Crippen LogP contribution in [0.3, 0.4) is 0 Å². The van der Waals surface area contributed by atoms with Crippen LogP contribution in [0, 0.1) is 0 Å². The van der Waals surface area contributed by atoms with Crippen LogP contribution in [0.25, 0.3) is 0 Å². The first-order valence-electron chi connectivity index (χ1n) is 15.4. The summed E-state index contributed by atoms with van der Waals surface area (Å²) in [4.78, 5) is 30.7. The third-order valence-electron chi connectivity index (χ3n) is 7.48. The molecule has 0 aliphatic heterocycles. The van der Waals surface area contributed by atoms with Gasteiger partial charge in [0.05, 0.1) is 17.2 Å². The minimum absolute atomic E-state index is 0.00482. The summed E-state index contributed by atoms with van der Waals surface area (Å²) in [5.74, 6) is -0.324. The molecule has 8 nitrogen and oxygen atoms in total. The standard InChI is InChI=1S/C36H40ClN3O5S2/c1-4-23-38-36(42)34(24-27-11-7-6-8-12-27)39(25-28-13-9-10-14-33(28)37)35(41)26-40(29-15-17-30(18-16-29)45-5-2)47(43,44)32-21-19-31(46-3)20-22-32/h6-22,34H,4-5,23-26H2,1-3H3,(H,38,42)/t34-/m1/s1. The van der Waals surface area contributed by atoms with Gasteiger partial charge >= 0.3 is 0 Å². The van der Waals surface area contributed by atoms with Crippen molar-refractivity contribution in [2.24, 2.45) is 0 Å². The zero-order valence-corrected chi connectivity index (χ0v) is 29.2. The Labute approximate surface area is 287 Å². The Hall–Kier alpha value is -3.99. The van der Waals surface area contributed by atoms with Gasteiger partial charge in [-0.25, -0.2) is 8.42 Å². The molecule has 11 heteroatoms. The summed E-state index contributed by atoms with van der Waals surface area (Å²) in [6, 6.07) is 28.7. The molecule has 4 aromatic carbocycles. The summed E-state index contributed by atoms with van der Waals surface area (Å²) < 4.78 is 35.2. The number of carbonyl (C=O) groups is 2. The van der Waals surface area contributed by atoms with Crippen molar-refractivity contribution in [1.82, 2.24) is 10.2 Å². The molecular weight excluding hydrogens is 654 g/mol. The zero-order valence-electron chi connectivity index (χ0n) is 26.8. The average molecular weight is 694 g/mol. The molecule has 0 fully saturated rings. The Bertz CT molecular complexity index is 1720. The molecule has 4 rings (SSSR count). The molecule has 0 saturated carbocycles. The minimum Gasteiger partial charge on any atom is -0.494 e. The van der Waals surface area contributed by atoms with Gasteiger partial charge < -0.3 is 15.0 Å². The number of nitrogens with zero attached hydrogens (tertiary/aromatic N) is 2. The van der Waals surface area contributed by atoms with Crippen molar-refractivity contribution < 1.29 is 22.7 Å². The normalized spacial score (nSPS) is 11.8. The molecule has 248 valence electrons. The monoisotopic (exact) mass is 693 g/mol. The van der Waals surface area contributed by atoms with E-state index in [-0.39, 0.29) is 29.5 Å². The smallest absolute Gasteiger partial charge is 0.264 e. The molecule has 0 bridgehead atoms. The van der Waals surface area contributed by atoms with E-state index in [4.69, 9.17) is 16.3 Å². The van der Waals surface area contributed by atoms with Gasteiger partial charge in [0.15, 0.2) is 0 Å². The number of nitrogens with one attached hydrogen (secondary N) is 1. The topological polar surface area (TPSA) is 96.0 Å². The molecule has 0 radical (unpaired) electrons. The lowest BCUT2D eigenvalue weighted by Crippen LogP contribution is -2.53. The van der Waals surface area contributed by atoms with Crippen LogP contribution in [0.1, 0.15) is 31.4 Å². The van der Waals surface area contributed by atoms with Crippen LogP contribution in [0.2, 0.25) is 5.02 Å². The highest BCUT2D eigenvalue weighted by Gasteiger charge is 2.35. The van der Waals surface area contributed by atoms with Crippen molar-refractivity contribution >= 4 is 50.9 Å². The lowest BCUT2D eigenvalue weighted by atomic mass is 10.0. The maximum Gasteiger partial charge on any atom is 0.264 e. The Morgan fingerprint density at radius 2 is 1.55 bits per heavy atom. The molecule has 0 heterocycles. The summed E-state index contributed by atoms with van der Waals surface area (Å²) in [7, 11) is -4.22. The second kappa shape index (κ2) is 17.2. The van der Waals surface area contributed by atoms with Crippen molar-refractivity contribution in [3.8, 4) is 5.75 Å². The molecular formula is C36H40ClN3O5S2. The van der Waals surface area contributed by atoms with Gasteiger partial charge in [0.1, 0.15) is 18.3 Å². The molecule has 0 aliphatic rings. The van der Waals surface area contributed by atoms with E-state index >= 15 is 0 Å². The first-order valence-corrected chi connectivity index (χ1v) is 18.5. The largest absolute Gasteiger partial charge is 0.494 e. The van der Waals surface area contributed by atoms with Crippen LogP contribution in [0.5, 0.6) is 5.75 Å². The minimum atomic E-state index is -4.22. The maximum absolute atomic E-state index is 14.6. The van der Waals surface area contributed by atoms with E-state index in [0.29, 0.717) is 35.9 Å². The highest BCUT2D eigenvalue weighted by atomic mass is 35.5. The molecule has 4 aromatic rings. The number of sulfonamides is 1. The van der Waals surface area contributed by atoms with Crippen LogP contribution in [-0.4, -0.2) is 57.1 Å². The zero-order chi connectivity index (χ0) is 33.8. The SMILES string of the molecule is CCCNC(=O)[C@@H](Cc1ccccc1)N(Cc1ccccc1Cl)C(=O)CN(c1ccc(OCC)cc1)S(=O)(=O)c1ccc(SC)cc1. The van der Waals surface area contributed by atoms with E-state index in [2.05, 4.69) is 5.32 Å². The molecule has 47 heavy (non-hydrogen) atoms. The van der Waals surface area contributed by atoms with Gasteiger partial charge in [-0.1, -0.05) is 67.1 Å². The summed E-state index contributed by atoms with van der Waals surface area (Å²) in [5.41, 5.74) is 1.77. The van der Waals surface area contributed by atoms with E-state index in [9.17, 15) is 18.0 Å².